The maximum absolute atomic E-state index is 13.3. The van der Waals surface area contributed by atoms with E-state index in [4.69, 9.17) is 9.72 Å². The SMILES string of the molecule is COC(=O)C(Cc1cn2c(C(=O)NCC34CC5CC6CC(C3)C65C4)cccc2n1)c1ccccn1. The fraction of sp³-hybridized carbons (Fsp3) is 0.500. The van der Waals surface area contributed by atoms with Crippen molar-refractivity contribution in [1.29, 1.82) is 0 Å². The Balaban J connectivity index is 1.10. The summed E-state index contributed by atoms with van der Waals surface area (Å²) in [5, 5.41) is 3.29. The molecule has 2 bridgehead atoms. The lowest BCUT2D eigenvalue weighted by Gasteiger charge is -2.66. The minimum absolute atomic E-state index is 0.0595. The van der Waals surface area contributed by atoms with Crippen LogP contribution in [0, 0.1) is 28.6 Å². The Morgan fingerprint density at radius 2 is 1.97 bits per heavy atom. The summed E-state index contributed by atoms with van der Waals surface area (Å²) in [5.41, 5.74) is 3.59. The standard InChI is InChI=1S/C28H30N4O3/c1-35-26(34)21(22-5-2-3-8-29-22)11-20-14-32-23(6-4-7-24(32)31-20)25(33)30-16-27-12-18-9-17-10-19(13-27)28(17,18)15-27/h2-8,14,17-19,21H,9-13,15-16H2,1H3,(H,30,33). The first-order valence-corrected chi connectivity index (χ1v) is 12.8. The van der Waals surface area contributed by atoms with Gasteiger partial charge in [0.2, 0.25) is 0 Å². The minimum Gasteiger partial charge on any atom is -0.468 e. The molecule has 3 atom stereocenters. The number of carbonyl (C=O) groups is 2. The second-order valence-corrected chi connectivity index (χ2v) is 11.3. The van der Waals surface area contributed by atoms with Crippen LogP contribution in [0.5, 0.6) is 0 Å². The van der Waals surface area contributed by atoms with E-state index in [1.165, 1.54) is 39.2 Å². The second kappa shape index (κ2) is 7.39. The number of ether oxygens (including phenoxy) is 1. The summed E-state index contributed by atoms with van der Waals surface area (Å²) in [6, 6.07) is 11.1. The molecule has 0 aliphatic heterocycles. The number of methoxy groups -OCH3 is 1. The quantitative estimate of drug-likeness (QED) is 0.531. The van der Waals surface area contributed by atoms with Crippen molar-refractivity contribution in [2.24, 2.45) is 28.6 Å². The summed E-state index contributed by atoms with van der Waals surface area (Å²) in [6.45, 7) is 0.773. The van der Waals surface area contributed by atoms with Gasteiger partial charge in [0.05, 0.1) is 18.5 Å². The molecule has 35 heavy (non-hydrogen) atoms. The largest absolute Gasteiger partial charge is 0.468 e. The number of hydrogen-bond acceptors (Lipinski definition) is 5. The zero-order valence-electron chi connectivity index (χ0n) is 19.9. The Bertz CT molecular complexity index is 1320. The third-order valence-electron chi connectivity index (χ3n) is 9.80. The minimum atomic E-state index is -0.554. The van der Waals surface area contributed by atoms with Crippen molar-refractivity contribution < 1.29 is 14.3 Å². The molecule has 1 amide bonds. The van der Waals surface area contributed by atoms with E-state index < -0.39 is 5.92 Å². The van der Waals surface area contributed by atoms with Crippen LogP contribution in [0.4, 0.5) is 0 Å². The molecule has 4 saturated carbocycles. The van der Waals surface area contributed by atoms with E-state index in [2.05, 4.69) is 10.3 Å². The van der Waals surface area contributed by atoms with Crippen molar-refractivity contribution in [2.75, 3.05) is 13.7 Å². The van der Waals surface area contributed by atoms with Gasteiger partial charge in [0.15, 0.2) is 0 Å². The van der Waals surface area contributed by atoms with Crippen LogP contribution in [-0.4, -0.2) is 39.9 Å². The fourth-order valence-corrected chi connectivity index (χ4v) is 8.39. The van der Waals surface area contributed by atoms with Gasteiger partial charge in [-0.05, 0) is 85.0 Å². The number of hydrogen-bond donors (Lipinski definition) is 1. The van der Waals surface area contributed by atoms with Crippen molar-refractivity contribution in [3.8, 4) is 0 Å². The van der Waals surface area contributed by atoms with Crippen LogP contribution in [0.25, 0.3) is 5.65 Å². The Hall–Kier alpha value is -3.22. The van der Waals surface area contributed by atoms with Crippen molar-refractivity contribution >= 4 is 17.5 Å². The highest BCUT2D eigenvalue weighted by Gasteiger charge is 2.77. The van der Waals surface area contributed by atoms with Gasteiger partial charge >= 0.3 is 5.97 Å². The van der Waals surface area contributed by atoms with Crippen LogP contribution in [0.2, 0.25) is 0 Å². The average Bonchev–Trinajstić information content (AvgIpc) is 3.51. The average molecular weight is 471 g/mol. The third kappa shape index (κ3) is 2.96. The van der Waals surface area contributed by atoms with Gasteiger partial charge < -0.3 is 10.1 Å². The molecule has 180 valence electrons. The van der Waals surface area contributed by atoms with Crippen LogP contribution < -0.4 is 5.32 Å². The first kappa shape index (κ1) is 21.1. The molecule has 0 aromatic carbocycles. The van der Waals surface area contributed by atoms with E-state index >= 15 is 0 Å². The monoisotopic (exact) mass is 470 g/mol. The highest BCUT2D eigenvalue weighted by molar-refractivity contribution is 5.93. The number of fused-ring (bicyclic) bond motifs is 2. The highest BCUT2D eigenvalue weighted by Crippen LogP contribution is 2.84. The molecule has 3 heterocycles. The summed E-state index contributed by atoms with van der Waals surface area (Å²) < 4.78 is 6.86. The molecule has 3 unspecified atom stereocenters. The third-order valence-corrected chi connectivity index (χ3v) is 9.80. The van der Waals surface area contributed by atoms with Gasteiger partial charge in [-0.2, -0.15) is 0 Å². The Kier molecular flexibility index (Phi) is 4.45. The summed E-state index contributed by atoms with van der Waals surface area (Å²) in [4.78, 5) is 34.9. The number of esters is 1. The lowest BCUT2D eigenvalue weighted by Crippen LogP contribution is -2.59. The van der Waals surface area contributed by atoms with Crippen LogP contribution in [-0.2, 0) is 16.0 Å². The molecule has 4 aliphatic carbocycles. The zero-order chi connectivity index (χ0) is 23.8. The van der Waals surface area contributed by atoms with E-state index in [1.807, 2.05) is 47.0 Å². The second-order valence-electron chi connectivity index (χ2n) is 11.3. The summed E-state index contributed by atoms with van der Waals surface area (Å²) in [6.07, 6.45) is 10.6. The number of imidazole rings is 1. The molecule has 1 spiro atoms. The molecule has 4 fully saturated rings. The van der Waals surface area contributed by atoms with E-state index in [9.17, 15) is 9.59 Å². The van der Waals surface area contributed by atoms with Crippen LogP contribution in [0.15, 0.2) is 48.8 Å². The Morgan fingerprint density at radius 3 is 2.66 bits per heavy atom. The Labute approximate surface area is 204 Å². The first-order valence-electron chi connectivity index (χ1n) is 12.8. The van der Waals surface area contributed by atoms with Crippen molar-refractivity contribution in [3.63, 3.8) is 0 Å². The molecule has 7 nitrogen and oxygen atoms in total. The lowest BCUT2D eigenvalue weighted by atomic mass is 9.38. The van der Waals surface area contributed by atoms with Gasteiger partial charge in [-0.25, -0.2) is 4.98 Å². The Morgan fingerprint density at radius 1 is 1.14 bits per heavy atom. The summed E-state index contributed by atoms with van der Waals surface area (Å²) in [5.74, 6) is 1.85. The fourth-order valence-electron chi connectivity index (χ4n) is 8.39. The lowest BCUT2D eigenvalue weighted by molar-refractivity contribution is -0.177. The number of amides is 1. The van der Waals surface area contributed by atoms with Crippen LogP contribution in [0.1, 0.15) is 59.9 Å². The van der Waals surface area contributed by atoms with Crippen molar-refractivity contribution in [3.05, 3.63) is 65.9 Å². The van der Waals surface area contributed by atoms with Gasteiger partial charge in [0.25, 0.3) is 5.91 Å². The van der Waals surface area contributed by atoms with Gasteiger partial charge in [0.1, 0.15) is 17.3 Å². The molecule has 0 saturated heterocycles. The number of pyridine rings is 2. The molecule has 7 rings (SSSR count). The molecule has 4 aliphatic rings. The summed E-state index contributed by atoms with van der Waals surface area (Å²) >= 11 is 0. The zero-order valence-corrected chi connectivity index (χ0v) is 19.9. The number of carbonyl (C=O) groups excluding carboxylic acids is 2. The number of rotatable bonds is 7. The molecule has 3 aromatic rings. The molecule has 3 aromatic heterocycles. The highest BCUT2D eigenvalue weighted by atomic mass is 16.5. The summed E-state index contributed by atoms with van der Waals surface area (Å²) in [7, 11) is 1.38. The van der Waals surface area contributed by atoms with Crippen molar-refractivity contribution in [1.82, 2.24) is 19.7 Å². The number of nitrogens with zero attached hydrogens (tertiary/aromatic N) is 3. The van der Waals surface area contributed by atoms with Gasteiger partial charge in [-0.15, -0.1) is 0 Å². The molecule has 1 N–H and O–H groups in total. The smallest absolute Gasteiger partial charge is 0.315 e. The molecule has 7 heteroatoms. The number of nitrogens with one attached hydrogen (secondary N) is 1. The van der Waals surface area contributed by atoms with E-state index in [1.54, 1.807) is 6.20 Å². The normalized spacial score (nSPS) is 32.4. The predicted molar refractivity (Wildman–Crippen MR) is 129 cm³/mol. The van der Waals surface area contributed by atoms with Crippen molar-refractivity contribution in [2.45, 2.75) is 44.4 Å². The van der Waals surface area contributed by atoms with E-state index in [0.29, 0.717) is 34.3 Å². The van der Waals surface area contributed by atoms with Gasteiger partial charge in [0, 0.05) is 25.4 Å². The molecular formula is C28H30N4O3. The van der Waals surface area contributed by atoms with Gasteiger partial charge in [-0.3, -0.25) is 19.0 Å². The molecular weight excluding hydrogens is 440 g/mol. The number of aromatic nitrogens is 3. The predicted octanol–water partition coefficient (Wildman–Crippen LogP) is 3.78. The topological polar surface area (TPSA) is 85.6 Å². The van der Waals surface area contributed by atoms with E-state index in [0.717, 1.165) is 30.0 Å². The van der Waals surface area contributed by atoms with Gasteiger partial charge in [-0.1, -0.05) is 12.1 Å². The first-order chi connectivity index (χ1) is 17.0. The van der Waals surface area contributed by atoms with E-state index in [-0.39, 0.29) is 11.9 Å². The maximum atomic E-state index is 13.3. The van der Waals surface area contributed by atoms with Crippen LogP contribution in [0.3, 0.4) is 0 Å². The maximum Gasteiger partial charge on any atom is 0.315 e. The van der Waals surface area contributed by atoms with Crippen LogP contribution >= 0.6 is 0 Å². The molecule has 0 radical (unpaired) electrons.